The van der Waals surface area contributed by atoms with Crippen molar-refractivity contribution in [2.45, 2.75) is 26.6 Å². The summed E-state index contributed by atoms with van der Waals surface area (Å²) in [7, 11) is 1.71. The number of hydrogen-bond acceptors (Lipinski definition) is 8. The van der Waals surface area contributed by atoms with Crippen LogP contribution in [0, 0.1) is 18.6 Å². The zero-order chi connectivity index (χ0) is 39.8. The third-order valence-electron chi connectivity index (χ3n) is 10.6. The van der Waals surface area contributed by atoms with Crippen molar-refractivity contribution in [2.24, 2.45) is 7.05 Å². The Hall–Kier alpha value is -7.69. The second-order valence-electron chi connectivity index (χ2n) is 14.1. The molecule has 0 spiro atoms. The Morgan fingerprint density at radius 3 is 2.47 bits per heavy atom. The van der Waals surface area contributed by atoms with Gasteiger partial charge in [0.1, 0.15) is 22.9 Å². The van der Waals surface area contributed by atoms with Crippen LogP contribution in [0.2, 0.25) is 0 Å². The predicted molar refractivity (Wildman–Crippen MR) is 208 cm³/mol. The summed E-state index contributed by atoms with van der Waals surface area (Å²) in [5, 5.41) is 13.9. The van der Waals surface area contributed by atoms with E-state index in [0.29, 0.717) is 33.8 Å². The molecular weight excluding hydrogens is 749 g/mol. The molecular formula is C41H31F2N11O4. The molecule has 0 atom stereocenters. The minimum Gasteiger partial charge on any atom is -0.330 e. The van der Waals surface area contributed by atoms with Crippen LogP contribution in [-0.2, 0) is 26.7 Å². The third kappa shape index (κ3) is 5.65. The number of rotatable bonds is 7. The van der Waals surface area contributed by atoms with Crippen LogP contribution in [0.3, 0.4) is 0 Å². The molecule has 0 aliphatic carbocycles. The van der Waals surface area contributed by atoms with Crippen LogP contribution in [0.1, 0.15) is 27.7 Å². The molecule has 0 fully saturated rings. The van der Waals surface area contributed by atoms with E-state index in [1.54, 1.807) is 50.3 Å². The standard InChI is InChI=1S/C41H31F2N11O4/c1-23-17-26(11-12-44-23)25-5-8-30-27(18-25)19-33(53(30)22-35-46-40(56)58-48-35)39(55)50-13-16-54-34(21-50)38(37(47-54)24-3-6-28(42)7-4-24)52-15-14-51(41(52)57)32-10-9-31-29(36(32)43)20-45-49(31)2/h3-12,14-15,17-20H,13,16,21-22H2,1-2H3,(H,46,48,56). The Bertz CT molecular complexity index is 3220. The van der Waals surface area contributed by atoms with E-state index in [1.807, 2.05) is 43.3 Å². The van der Waals surface area contributed by atoms with Crippen molar-refractivity contribution in [3.8, 4) is 33.8 Å². The minimum atomic E-state index is -0.715. The van der Waals surface area contributed by atoms with Crippen LogP contribution in [0.15, 0.2) is 112 Å². The molecule has 1 aliphatic heterocycles. The van der Waals surface area contributed by atoms with E-state index >= 15 is 4.39 Å². The van der Waals surface area contributed by atoms with Gasteiger partial charge >= 0.3 is 11.4 Å². The van der Waals surface area contributed by atoms with Gasteiger partial charge in [0.05, 0.1) is 48.1 Å². The molecule has 1 N–H and O–H groups in total. The summed E-state index contributed by atoms with van der Waals surface area (Å²) in [4.78, 5) is 49.5. The van der Waals surface area contributed by atoms with Crippen molar-refractivity contribution in [3.05, 3.63) is 153 Å². The molecule has 0 bridgehead atoms. The number of aromatic nitrogens is 10. The average molecular weight is 780 g/mol. The predicted octanol–water partition coefficient (Wildman–Crippen LogP) is 5.36. The highest BCUT2D eigenvalue weighted by Crippen LogP contribution is 2.34. The first-order chi connectivity index (χ1) is 28.1. The number of pyridine rings is 1. The molecule has 10 rings (SSSR count). The van der Waals surface area contributed by atoms with Crippen molar-refractivity contribution in [1.82, 2.24) is 53.3 Å². The van der Waals surface area contributed by atoms with Crippen LogP contribution in [0.25, 0.3) is 55.6 Å². The highest BCUT2D eigenvalue weighted by atomic mass is 19.1. The number of nitrogens with zero attached hydrogens (tertiary/aromatic N) is 10. The molecule has 288 valence electrons. The third-order valence-corrected chi connectivity index (χ3v) is 10.6. The molecule has 0 saturated heterocycles. The first-order valence-electron chi connectivity index (χ1n) is 18.3. The van der Waals surface area contributed by atoms with E-state index in [4.69, 9.17) is 9.62 Å². The molecule has 0 saturated carbocycles. The van der Waals surface area contributed by atoms with Gasteiger partial charge in [-0.3, -0.25) is 37.8 Å². The van der Waals surface area contributed by atoms with Crippen molar-refractivity contribution < 1.29 is 18.1 Å². The zero-order valence-corrected chi connectivity index (χ0v) is 30.9. The maximum atomic E-state index is 15.9. The molecule has 0 radical (unpaired) electrons. The molecule has 1 aliphatic rings. The number of hydrogen-bond donors (Lipinski definition) is 1. The van der Waals surface area contributed by atoms with Gasteiger partial charge in [-0.1, -0.05) is 11.2 Å². The normalized spacial score (nSPS) is 12.9. The summed E-state index contributed by atoms with van der Waals surface area (Å²) < 4.78 is 42.4. The van der Waals surface area contributed by atoms with Crippen molar-refractivity contribution >= 4 is 27.7 Å². The van der Waals surface area contributed by atoms with Crippen LogP contribution >= 0.6 is 0 Å². The largest absolute Gasteiger partial charge is 0.438 e. The van der Waals surface area contributed by atoms with Crippen LogP contribution in [0.5, 0.6) is 0 Å². The maximum Gasteiger partial charge on any atom is 0.438 e. The summed E-state index contributed by atoms with van der Waals surface area (Å²) >= 11 is 0. The monoisotopic (exact) mass is 779 g/mol. The smallest absolute Gasteiger partial charge is 0.330 e. The van der Waals surface area contributed by atoms with Crippen LogP contribution < -0.4 is 11.4 Å². The highest BCUT2D eigenvalue weighted by molar-refractivity contribution is 6.00. The zero-order valence-electron chi connectivity index (χ0n) is 30.9. The lowest BCUT2D eigenvalue weighted by molar-refractivity contribution is 0.0696. The minimum absolute atomic E-state index is 0.0360. The average Bonchev–Trinajstić information content (AvgIpc) is 4.06. The van der Waals surface area contributed by atoms with Gasteiger partial charge < -0.3 is 9.47 Å². The second kappa shape index (κ2) is 13.2. The number of aryl methyl sites for hydroxylation is 2. The molecule has 6 aromatic heterocycles. The molecule has 3 aromatic carbocycles. The summed E-state index contributed by atoms with van der Waals surface area (Å²) in [6.45, 7) is 2.55. The molecule has 9 aromatic rings. The highest BCUT2D eigenvalue weighted by Gasteiger charge is 2.32. The van der Waals surface area contributed by atoms with Gasteiger partial charge in [-0.25, -0.2) is 18.4 Å². The number of carbonyl (C=O) groups excluding carboxylic acids is 1. The fourth-order valence-electron chi connectivity index (χ4n) is 7.80. The number of carbonyl (C=O) groups is 1. The number of benzene rings is 3. The molecule has 17 heteroatoms. The van der Waals surface area contributed by atoms with E-state index in [9.17, 15) is 18.8 Å². The number of halogens is 2. The molecule has 7 heterocycles. The topological polar surface area (TPSA) is 160 Å². The summed E-state index contributed by atoms with van der Waals surface area (Å²) in [6.07, 6.45) is 6.16. The lowest BCUT2D eigenvalue weighted by atomic mass is 10.0. The molecule has 0 unspecified atom stereocenters. The molecule has 15 nitrogen and oxygen atoms in total. The van der Waals surface area contributed by atoms with Crippen LogP contribution in [0.4, 0.5) is 8.78 Å². The molecule has 58 heavy (non-hydrogen) atoms. The van der Waals surface area contributed by atoms with E-state index in [-0.39, 0.29) is 49.0 Å². The summed E-state index contributed by atoms with van der Waals surface area (Å²) in [6, 6.07) is 20.6. The van der Waals surface area contributed by atoms with E-state index < -0.39 is 23.1 Å². The summed E-state index contributed by atoms with van der Waals surface area (Å²) in [5.74, 6) is -1.85. The van der Waals surface area contributed by atoms with Gasteiger partial charge in [0, 0.05) is 54.3 Å². The number of aromatic amines is 1. The Kier molecular flexibility index (Phi) is 7.92. The quantitative estimate of drug-likeness (QED) is 0.226. The summed E-state index contributed by atoms with van der Waals surface area (Å²) in [5.41, 5.74) is 5.69. The number of nitrogens with one attached hydrogen (secondary N) is 1. The van der Waals surface area contributed by atoms with Crippen molar-refractivity contribution in [1.29, 1.82) is 0 Å². The van der Waals surface area contributed by atoms with Gasteiger partial charge in [0.2, 0.25) is 0 Å². The number of imidazole rings is 1. The van der Waals surface area contributed by atoms with Crippen LogP contribution in [-0.4, -0.2) is 65.7 Å². The lowest BCUT2D eigenvalue weighted by Gasteiger charge is -2.28. The van der Waals surface area contributed by atoms with Crippen molar-refractivity contribution in [3.63, 3.8) is 0 Å². The number of H-pyrrole nitrogens is 1. The Morgan fingerprint density at radius 1 is 0.897 bits per heavy atom. The first kappa shape index (κ1) is 34.8. The molecule has 1 amide bonds. The van der Waals surface area contributed by atoms with Gasteiger partial charge in [-0.15, -0.1) is 0 Å². The number of fused-ring (bicyclic) bond motifs is 3. The van der Waals surface area contributed by atoms with Gasteiger partial charge in [0.15, 0.2) is 11.6 Å². The van der Waals surface area contributed by atoms with Crippen molar-refractivity contribution in [2.75, 3.05) is 6.54 Å². The number of amides is 1. The Morgan fingerprint density at radius 2 is 1.67 bits per heavy atom. The van der Waals surface area contributed by atoms with E-state index in [1.165, 1.54) is 45.9 Å². The van der Waals surface area contributed by atoms with E-state index in [2.05, 4.69) is 20.2 Å². The van der Waals surface area contributed by atoms with Gasteiger partial charge in [-0.2, -0.15) is 10.2 Å². The lowest BCUT2D eigenvalue weighted by Crippen LogP contribution is -2.40. The van der Waals surface area contributed by atoms with Gasteiger partial charge in [-0.05, 0) is 84.8 Å². The fraction of sp³-hybridized carbons (Fsp3) is 0.146. The van der Waals surface area contributed by atoms with E-state index in [0.717, 1.165) is 27.7 Å². The Balaban J connectivity index is 1.07. The second-order valence-corrected chi connectivity index (χ2v) is 14.1. The fourth-order valence-corrected chi connectivity index (χ4v) is 7.80. The van der Waals surface area contributed by atoms with Gasteiger partial charge in [0.25, 0.3) is 5.91 Å². The Labute approximate surface area is 325 Å². The first-order valence-corrected chi connectivity index (χ1v) is 18.3. The maximum absolute atomic E-state index is 15.9. The SMILES string of the molecule is Cc1cc(-c2ccc3c(c2)cc(C(=O)N2CCn4nc(-c5ccc(F)cc5)c(-n5ccn(-c6ccc7c(cnn7C)c6F)c5=O)c4C2)n3Cc2noc(=O)[nH]2)ccn1.